The van der Waals surface area contributed by atoms with Crippen LogP contribution in [-0.4, -0.2) is 60.7 Å². The third kappa shape index (κ3) is 3.35. The van der Waals surface area contributed by atoms with E-state index in [1.807, 2.05) is 24.3 Å². The molecule has 4 rings (SSSR count). The van der Waals surface area contributed by atoms with E-state index in [0.717, 1.165) is 48.1 Å². The molecule has 25 heavy (non-hydrogen) atoms. The van der Waals surface area contributed by atoms with Crippen LogP contribution in [0.3, 0.4) is 0 Å². The Bertz CT molecular complexity index is 735. The van der Waals surface area contributed by atoms with Crippen molar-refractivity contribution in [2.45, 2.75) is 24.7 Å². The second-order valence-corrected chi connectivity index (χ2v) is 6.71. The van der Waals surface area contributed by atoms with Crippen molar-refractivity contribution in [1.82, 2.24) is 9.88 Å². The molecule has 1 N–H and O–H groups in total. The quantitative estimate of drug-likeness (QED) is 0.917. The number of rotatable bonds is 4. The van der Waals surface area contributed by atoms with E-state index in [0.29, 0.717) is 19.8 Å². The fraction of sp³-hybridized carbons (Fsp3) is 0.526. The molecular formula is C19H24N2O4. The summed E-state index contributed by atoms with van der Waals surface area (Å²) in [5.41, 5.74) is 1.75. The first-order valence-corrected chi connectivity index (χ1v) is 8.80. The molecule has 0 radical (unpaired) electrons. The Hall–Kier alpha value is -1.73. The summed E-state index contributed by atoms with van der Waals surface area (Å²) in [6.07, 6.45) is 2.88. The maximum absolute atomic E-state index is 10.8. The number of hydrogen-bond donors (Lipinski definition) is 1. The van der Waals surface area contributed by atoms with Gasteiger partial charge in [-0.3, -0.25) is 4.98 Å². The molecular weight excluding hydrogens is 320 g/mol. The van der Waals surface area contributed by atoms with Gasteiger partial charge in [-0.2, -0.15) is 0 Å². The third-order valence-electron chi connectivity index (χ3n) is 5.20. The molecule has 3 heterocycles. The van der Waals surface area contributed by atoms with Crippen LogP contribution in [-0.2, 0) is 9.47 Å². The lowest BCUT2D eigenvalue weighted by molar-refractivity contribution is -0.186. The molecule has 134 valence electrons. The number of fused-ring (bicyclic) bond motifs is 1. The van der Waals surface area contributed by atoms with Gasteiger partial charge in [0.25, 0.3) is 0 Å². The van der Waals surface area contributed by atoms with Gasteiger partial charge in [0, 0.05) is 44.1 Å². The van der Waals surface area contributed by atoms with Crippen molar-refractivity contribution in [3.8, 4) is 5.75 Å². The number of aliphatic hydroxyl groups excluding tert-OH is 1. The maximum atomic E-state index is 10.8. The van der Waals surface area contributed by atoms with Crippen LogP contribution in [0.15, 0.2) is 30.5 Å². The summed E-state index contributed by atoms with van der Waals surface area (Å²) >= 11 is 0. The Kier molecular flexibility index (Phi) is 4.60. The number of β-amino-alcohol motifs (C(OH)–C–C–N with tert-alkyl or cyclic N) is 1. The van der Waals surface area contributed by atoms with E-state index >= 15 is 0 Å². The molecule has 2 aromatic rings. The minimum atomic E-state index is -0.572. The second kappa shape index (κ2) is 6.88. The summed E-state index contributed by atoms with van der Waals surface area (Å²) in [5.74, 6) is 0.391. The van der Waals surface area contributed by atoms with Crippen LogP contribution in [0.4, 0.5) is 0 Å². The summed E-state index contributed by atoms with van der Waals surface area (Å²) in [7, 11) is 1.64. The average molecular weight is 344 g/mol. The minimum Gasteiger partial charge on any atom is -0.497 e. The van der Waals surface area contributed by atoms with Gasteiger partial charge in [0.15, 0.2) is 5.79 Å². The Morgan fingerprint density at radius 1 is 1.24 bits per heavy atom. The van der Waals surface area contributed by atoms with Crippen molar-refractivity contribution in [2.24, 2.45) is 0 Å². The standard InChI is InChI=1S/C19H24N2O4/c1-23-14-2-3-17-16(12-14)15(4-7-20-17)18(22)13-21-8-5-19(6-9-21)24-10-11-25-19/h2-4,7,12,18,22H,5-6,8-11,13H2,1H3/t18-/m0/s1. The van der Waals surface area contributed by atoms with Gasteiger partial charge in [-0.25, -0.2) is 0 Å². The highest BCUT2D eigenvalue weighted by Gasteiger charge is 2.40. The number of methoxy groups -OCH3 is 1. The van der Waals surface area contributed by atoms with Crippen LogP contribution in [0.25, 0.3) is 10.9 Å². The molecule has 2 saturated heterocycles. The van der Waals surface area contributed by atoms with Crippen molar-refractivity contribution in [1.29, 1.82) is 0 Å². The Morgan fingerprint density at radius 2 is 2.00 bits per heavy atom. The van der Waals surface area contributed by atoms with Crippen molar-refractivity contribution in [3.63, 3.8) is 0 Å². The van der Waals surface area contributed by atoms with Gasteiger partial charge in [-0.15, -0.1) is 0 Å². The first-order valence-electron chi connectivity index (χ1n) is 8.80. The summed E-state index contributed by atoms with van der Waals surface area (Å²) in [6, 6.07) is 7.63. The molecule has 2 aliphatic heterocycles. The van der Waals surface area contributed by atoms with Crippen molar-refractivity contribution >= 4 is 10.9 Å². The van der Waals surface area contributed by atoms with Gasteiger partial charge in [0.05, 0.1) is 31.9 Å². The van der Waals surface area contributed by atoms with Crippen LogP contribution >= 0.6 is 0 Å². The monoisotopic (exact) mass is 344 g/mol. The summed E-state index contributed by atoms with van der Waals surface area (Å²) < 4.78 is 16.9. The van der Waals surface area contributed by atoms with E-state index in [9.17, 15) is 5.11 Å². The molecule has 1 aromatic carbocycles. The normalized spacial score (nSPS) is 21.7. The van der Waals surface area contributed by atoms with Gasteiger partial charge in [-0.05, 0) is 29.8 Å². The van der Waals surface area contributed by atoms with E-state index < -0.39 is 6.10 Å². The second-order valence-electron chi connectivity index (χ2n) is 6.71. The molecule has 0 amide bonds. The zero-order chi connectivity index (χ0) is 17.3. The first kappa shape index (κ1) is 16.7. The number of aromatic nitrogens is 1. The number of piperidine rings is 1. The average Bonchev–Trinajstić information content (AvgIpc) is 3.11. The SMILES string of the molecule is COc1ccc2nccc([C@@H](O)CN3CCC4(CC3)OCCO4)c2c1. The summed E-state index contributed by atoms with van der Waals surface area (Å²) in [6.45, 7) is 3.69. The lowest BCUT2D eigenvalue weighted by atomic mass is 10.0. The Labute approximate surface area is 147 Å². The van der Waals surface area contributed by atoms with E-state index in [1.165, 1.54) is 0 Å². The third-order valence-corrected chi connectivity index (χ3v) is 5.20. The van der Waals surface area contributed by atoms with Crippen LogP contribution in [0.5, 0.6) is 5.75 Å². The molecule has 2 aliphatic rings. The van der Waals surface area contributed by atoms with Crippen molar-refractivity contribution in [2.75, 3.05) is 40.0 Å². The van der Waals surface area contributed by atoms with Crippen molar-refractivity contribution < 1.29 is 19.3 Å². The van der Waals surface area contributed by atoms with E-state index in [2.05, 4.69) is 9.88 Å². The van der Waals surface area contributed by atoms with Crippen molar-refractivity contribution in [3.05, 3.63) is 36.0 Å². The Balaban J connectivity index is 1.48. The summed E-state index contributed by atoms with van der Waals surface area (Å²) in [5, 5.41) is 11.8. The fourth-order valence-electron chi connectivity index (χ4n) is 3.77. The van der Waals surface area contributed by atoms with E-state index in [1.54, 1.807) is 13.3 Å². The van der Waals surface area contributed by atoms with Gasteiger partial charge >= 0.3 is 0 Å². The van der Waals surface area contributed by atoms with Gasteiger partial charge in [0.2, 0.25) is 0 Å². The van der Waals surface area contributed by atoms with E-state index in [-0.39, 0.29) is 5.79 Å². The molecule has 0 aliphatic carbocycles. The topological polar surface area (TPSA) is 64.1 Å². The number of likely N-dealkylation sites (tertiary alicyclic amines) is 1. The minimum absolute atomic E-state index is 0.377. The zero-order valence-electron chi connectivity index (χ0n) is 14.5. The molecule has 1 aromatic heterocycles. The number of benzene rings is 1. The smallest absolute Gasteiger partial charge is 0.170 e. The lowest BCUT2D eigenvalue weighted by Crippen LogP contribution is -2.46. The maximum Gasteiger partial charge on any atom is 0.170 e. The lowest BCUT2D eigenvalue weighted by Gasteiger charge is -2.38. The van der Waals surface area contributed by atoms with Crippen LogP contribution < -0.4 is 4.74 Å². The predicted molar refractivity (Wildman–Crippen MR) is 93.6 cm³/mol. The largest absolute Gasteiger partial charge is 0.497 e. The molecule has 0 bridgehead atoms. The number of hydrogen-bond acceptors (Lipinski definition) is 6. The zero-order valence-corrected chi connectivity index (χ0v) is 14.5. The molecule has 6 heteroatoms. The molecule has 6 nitrogen and oxygen atoms in total. The van der Waals surface area contributed by atoms with Crippen LogP contribution in [0.2, 0.25) is 0 Å². The molecule has 0 unspecified atom stereocenters. The van der Waals surface area contributed by atoms with Gasteiger partial charge < -0.3 is 24.2 Å². The fourth-order valence-corrected chi connectivity index (χ4v) is 3.77. The number of pyridine rings is 1. The first-order chi connectivity index (χ1) is 12.2. The molecule has 0 saturated carbocycles. The summed E-state index contributed by atoms with van der Waals surface area (Å²) in [4.78, 5) is 6.65. The van der Waals surface area contributed by atoms with E-state index in [4.69, 9.17) is 14.2 Å². The predicted octanol–water partition coefficient (Wildman–Crippen LogP) is 2.12. The molecule has 1 atom stereocenters. The highest BCUT2D eigenvalue weighted by Crippen LogP contribution is 2.33. The number of ether oxygens (including phenoxy) is 3. The van der Waals surface area contributed by atoms with Crippen LogP contribution in [0, 0.1) is 0 Å². The molecule has 1 spiro atoms. The van der Waals surface area contributed by atoms with Crippen LogP contribution in [0.1, 0.15) is 24.5 Å². The number of aliphatic hydroxyl groups is 1. The number of nitrogens with zero attached hydrogens (tertiary/aromatic N) is 2. The highest BCUT2D eigenvalue weighted by atomic mass is 16.7. The highest BCUT2D eigenvalue weighted by molar-refractivity contribution is 5.83. The van der Waals surface area contributed by atoms with Gasteiger partial charge in [0.1, 0.15) is 5.75 Å². The molecule has 2 fully saturated rings. The Morgan fingerprint density at radius 3 is 2.72 bits per heavy atom. The van der Waals surface area contributed by atoms with Gasteiger partial charge in [-0.1, -0.05) is 0 Å².